The lowest BCUT2D eigenvalue weighted by Crippen LogP contribution is -2.51. The topological polar surface area (TPSA) is 71.6 Å². The lowest BCUT2D eigenvalue weighted by atomic mass is 9.91. The van der Waals surface area contributed by atoms with E-state index in [0.29, 0.717) is 18.8 Å². The number of anilines is 2. The Kier molecular flexibility index (Phi) is 7.40. The highest BCUT2D eigenvalue weighted by Gasteiger charge is 2.46. The van der Waals surface area contributed by atoms with Gasteiger partial charge in [-0.15, -0.1) is 0 Å². The minimum absolute atomic E-state index is 0.0181. The molecule has 2 atom stereocenters. The summed E-state index contributed by atoms with van der Waals surface area (Å²) in [5, 5.41) is 0. The molecule has 2 aliphatic rings. The monoisotopic (exact) mass is 515 g/mol. The van der Waals surface area contributed by atoms with E-state index in [2.05, 4.69) is 4.90 Å². The summed E-state index contributed by atoms with van der Waals surface area (Å²) in [5.41, 5.74) is 2.76. The van der Waals surface area contributed by atoms with Crippen molar-refractivity contribution >= 4 is 23.2 Å². The standard InChI is InChI=1S/C30H33N3O5/c1-36-24-10-4-21(5-11-24)29-27(20-28(34)33(29)23-8-14-26(38-3)15-9-23)30(35)32-18-16-31(17-19-32)22-6-12-25(37-2)13-7-22/h4-15,27,29H,16-20H2,1-3H3/t27-,29-/m1/s1. The van der Waals surface area contributed by atoms with Crippen LogP contribution in [0.5, 0.6) is 17.2 Å². The van der Waals surface area contributed by atoms with E-state index >= 15 is 0 Å². The van der Waals surface area contributed by atoms with Gasteiger partial charge in [0, 0.05) is 44.0 Å². The molecule has 0 unspecified atom stereocenters. The van der Waals surface area contributed by atoms with Crippen molar-refractivity contribution in [3.05, 3.63) is 78.4 Å². The SMILES string of the molecule is COc1ccc([C@@H]2[C@H](C(=O)N3CCN(c4ccc(OC)cc4)CC3)CC(=O)N2c2ccc(OC)cc2)cc1. The quantitative estimate of drug-likeness (QED) is 0.471. The molecule has 0 spiro atoms. The average molecular weight is 516 g/mol. The van der Waals surface area contributed by atoms with E-state index in [9.17, 15) is 9.59 Å². The van der Waals surface area contributed by atoms with Crippen LogP contribution in [-0.4, -0.2) is 64.2 Å². The van der Waals surface area contributed by atoms with Gasteiger partial charge in [0.2, 0.25) is 11.8 Å². The van der Waals surface area contributed by atoms with Crippen LogP contribution in [0, 0.1) is 5.92 Å². The molecule has 0 bridgehead atoms. The van der Waals surface area contributed by atoms with Crippen LogP contribution >= 0.6 is 0 Å². The van der Waals surface area contributed by atoms with Crippen molar-refractivity contribution < 1.29 is 23.8 Å². The number of amides is 2. The second-order valence-electron chi connectivity index (χ2n) is 9.50. The third kappa shape index (κ3) is 4.98. The molecule has 2 amide bonds. The van der Waals surface area contributed by atoms with E-state index in [-0.39, 0.29) is 18.2 Å². The summed E-state index contributed by atoms with van der Waals surface area (Å²) >= 11 is 0. The normalized spacial score (nSPS) is 19.4. The lowest BCUT2D eigenvalue weighted by Gasteiger charge is -2.38. The van der Waals surface area contributed by atoms with Gasteiger partial charge in [-0.25, -0.2) is 0 Å². The van der Waals surface area contributed by atoms with Crippen LogP contribution in [0.3, 0.4) is 0 Å². The first-order valence-electron chi connectivity index (χ1n) is 12.8. The predicted molar refractivity (Wildman–Crippen MR) is 146 cm³/mol. The molecule has 8 nitrogen and oxygen atoms in total. The number of methoxy groups -OCH3 is 3. The van der Waals surface area contributed by atoms with Crippen LogP contribution < -0.4 is 24.0 Å². The molecule has 0 aliphatic carbocycles. The second-order valence-corrected chi connectivity index (χ2v) is 9.50. The number of rotatable bonds is 7. The minimum atomic E-state index is -0.481. The van der Waals surface area contributed by atoms with Gasteiger partial charge in [0.15, 0.2) is 0 Å². The lowest BCUT2D eigenvalue weighted by molar-refractivity contribution is -0.136. The number of carbonyl (C=O) groups excluding carboxylic acids is 2. The zero-order chi connectivity index (χ0) is 26.6. The van der Waals surface area contributed by atoms with Crippen LogP contribution in [0.1, 0.15) is 18.0 Å². The molecule has 0 saturated carbocycles. The van der Waals surface area contributed by atoms with Crippen LogP contribution in [0.2, 0.25) is 0 Å². The van der Waals surface area contributed by atoms with Gasteiger partial charge in [-0.05, 0) is 66.2 Å². The van der Waals surface area contributed by atoms with Gasteiger partial charge < -0.3 is 28.9 Å². The van der Waals surface area contributed by atoms with E-state index in [1.54, 1.807) is 26.2 Å². The van der Waals surface area contributed by atoms with E-state index in [1.807, 2.05) is 77.7 Å². The number of hydrogen-bond acceptors (Lipinski definition) is 6. The number of carbonyl (C=O) groups is 2. The molecule has 3 aromatic rings. The first kappa shape index (κ1) is 25.4. The van der Waals surface area contributed by atoms with Gasteiger partial charge in [-0.1, -0.05) is 12.1 Å². The van der Waals surface area contributed by atoms with Gasteiger partial charge in [0.1, 0.15) is 17.2 Å². The highest BCUT2D eigenvalue weighted by Crippen LogP contribution is 2.43. The number of ether oxygens (including phenoxy) is 3. The molecule has 38 heavy (non-hydrogen) atoms. The van der Waals surface area contributed by atoms with Crippen molar-refractivity contribution in [2.24, 2.45) is 5.92 Å². The molecule has 2 fully saturated rings. The van der Waals surface area contributed by atoms with Crippen molar-refractivity contribution in [2.75, 3.05) is 57.3 Å². The number of nitrogens with zero attached hydrogens (tertiary/aromatic N) is 3. The molecular weight excluding hydrogens is 482 g/mol. The van der Waals surface area contributed by atoms with Crippen LogP contribution in [-0.2, 0) is 9.59 Å². The molecule has 2 aliphatic heterocycles. The molecule has 2 saturated heterocycles. The zero-order valence-electron chi connectivity index (χ0n) is 22.0. The highest BCUT2D eigenvalue weighted by atomic mass is 16.5. The Labute approximate surface area is 223 Å². The Morgan fingerprint density at radius 3 is 1.66 bits per heavy atom. The molecule has 8 heteroatoms. The fourth-order valence-corrected chi connectivity index (χ4v) is 5.40. The maximum absolute atomic E-state index is 13.9. The molecule has 0 radical (unpaired) electrons. The zero-order valence-corrected chi connectivity index (χ0v) is 22.0. The van der Waals surface area contributed by atoms with Gasteiger partial charge in [-0.2, -0.15) is 0 Å². The van der Waals surface area contributed by atoms with Gasteiger partial charge in [0.25, 0.3) is 0 Å². The van der Waals surface area contributed by atoms with E-state index < -0.39 is 12.0 Å². The number of benzene rings is 3. The summed E-state index contributed by atoms with van der Waals surface area (Å²) in [6.45, 7) is 2.67. The van der Waals surface area contributed by atoms with Gasteiger partial charge in [0.05, 0.1) is 33.3 Å². The van der Waals surface area contributed by atoms with Crippen molar-refractivity contribution in [1.82, 2.24) is 4.90 Å². The third-order valence-electron chi connectivity index (χ3n) is 7.48. The molecular formula is C30H33N3O5. The van der Waals surface area contributed by atoms with Crippen LogP contribution in [0.25, 0.3) is 0 Å². The van der Waals surface area contributed by atoms with E-state index in [4.69, 9.17) is 14.2 Å². The minimum Gasteiger partial charge on any atom is -0.497 e. The van der Waals surface area contributed by atoms with Crippen molar-refractivity contribution in [3.8, 4) is 17.2 Å². The smallest absolute Gasteiger partial charge is 0.228 e. The molecule has 5 rings (SSSR count). The van der Waals surface area contributed by atoms with Crippen molar-refractivity contribution in [2.45, 2.75) is 12.5 Å². The van der Waals surface area contributed by atoms with Gasteiger partial charge >= 0.3 is 0 Å². The Hall–Kier alpha value is -4.20. The third-order valence-corrected chi connectivity index (χ3v) is 7.48. The van der Waals surface area contributed by atoms with Gasteiger partial charge in [-0.3, -0.25) is 9.59 Å². The summed E-state index contributed by atoms with van der Waals surface area (Å²) in [6, 6.07) is 22.6. The Balaban J connectivity index is 1.37. The fourth-order valence-electron chi connectivity index (χ4n) is 5.40. The Morgan fingerprint density at radius 1 is 0.684 bits per heavy atom. The number of hydrogen-bond donors (Lipinski definition) is 0. The molecule has 0 N–H and O–H groups in total. The molecule has 198 valence electrons. The Morgan fingerprint density at radius 2 is 1.16 bits per heavy atom. The molecule has 0 aromatic heterocycles. The first-order valence-corrected chi connectivity index (χ1v) is 12.8. The van der Waals surface area contributed by atoms with Crippen LogP contribution in [0.4, 0.5) is 11.4 Å². The van der Waals surface area contributed by atoms with Crippen molar-refractivity contribution in [3.63, 3.8) is 0 Å². The molecule has 2 heterocycles. The van der Waals surface area contributed by atoms with E-state index in [0.717, 1.165) is 41.5 Å². The molecule has 3 aromatic carbocycles. The van der Waals surface area contributed by atoms with Crippen molar-refractivity contribution in [1.29, 1.82) is 0 Å². The summed E-state index contributed by atoms with van der Waals surface area (Å²) < 4.78 is 15.9. The number of piperazine rings is 1. The summed E-state index contributed by atoms with van der Waals surface area (Å²) in [5.74, 6) is 1.73. The average Bonchev–Trinajstić information content (AvgIpc) is 3.33. The second kappa shape index (κ2) is 11.0. The summed E-state index contributed by atoms with van der Waals surface area (Å²) in [7, 11) is 4.89. The maximum atomic E-state index is 13.9. The maximum Gasteiger partial charge on any atom is 0.228 e. The Bertz CT molecular complexity index is 1250. The van der Waals surface area contributed by atoms with Crippen LogP contribution in [0.15, 0.2) is 72.8 Å². The fraction of sp³-hybridized carbons (Fsp3) is 0.333. The summed E-state index contributed by atoms with van der Waals surface area (Å²) in [6.07, 6.45) is 0.167. The first-order chi connectivity index (χ1) is 18.5. The predicted octanol–water partition coefficient (Wildman–Crippen LogP) is 4.16. The summed E-state index contributed by atoms with van der Waals surface area (Å²) in [4.78, 5) is 33.3. The highest BCUT2D eigenvalue weighted by molar-refractivity contribution is 6.01. The largest absolute Gasteiger partial charge is 0.497 e. The van der Waals surface area contributed by atoms with E-state index in [1.165, 1.54) is 0 Å².